The van der Waals surface area contributed by atoms with Crippen LogP contribution in [0.5, 0.6) is 0 Å². The maximum absolute atomic E-state index is 12.3. The Morgan fingerprint density at radius 1 is 1.07 bits per heavy atom. The summed E-state index contributed by atoms with van der Waals surface area (Å²) in [4.78, 5) is 34.8. The first-order chi connectivity index (χ1) is 13.3. The molecule has 0 aliphatic carbocycles. The number of halogens is 1. The molecule has 0 aliphatic rings. The molecule has 0 aliphatic heterocycles. The van der Waals surface area contributed by atoms with Crippen LogP contribution < -0.4 is 10.6 Å². The van der Waals surface area contributed by atoms with Gasteiger partial charge in [0.1, 0.15) is 0 Å². The normalized spacial score (nSPS) is 10.2. The molecule has 0 aromatic heterocycles. The molecule has 2 aromatic rings. The third kappa shape index (κ3) is 6.25. The number of hydrogen-bond acceptors (Lipinski definition) is 3. The van der Waals surface area contributed by atoms with E-state index in [1.165, 1.54) is 0 Å². The van der Waals surface area contributed by atoms with Crippen LogP contribution in [0.3, 0.4) is 0 Å². The topological polar surface area (TPSA) is 95.5 Å². The van der Waals surface area contributed by atoms with E-state index in [9.17, 15) is 14.4 Å². The highest BCUT2D eigenvalue weighted by Crippen LogP contribution is 2.18. The minimum absolute atomic E-state index is 0.0726. The quantitative estimate of drug-likeness (QED) is 0.585. The van der Waals surface area contributed by atoms with E-state index in [1.807, 2.05) is 25.1 Å². The lowest BCUT2D eigenvalue weighted by molar-refractivity contribution is -0.136. The molecule has 7 heteroatoms. The molecule has 0 atom stereocenters. The summed E-state index contributed by atoms with van der Waals surface area (Å²) in [6.45, 7) is 5.83. The molecule has 0 spiro atoms. The third-order valence-corrected chi connectivity index (χ3v) is 4.37. The van der Waals surface area contributed by atoms with Gasteiger partial charge in [0.05, 0.1) is 0 Å². The smallest absolute Gasteiger partial charge is 0.303 e. The molecule has 2 amide bonds. The molecule has 0 heterocycles. The molecule has 146 valence electrons. The summed E-state index contributed by atoms with van der Waals surface area (Å²) < 4.78 is 0. The number of carbonyl (C=O) groups excluding carboxylic acids is 2. The highest BCUT2D eigenvalue weighted by atomic mass is 35.5. The Morgan fingerprint density at radius 2 is 1.75 bits per heavy atom. The molecule has 0 fully saturated rings. The van der Waals surface area contributed by atoms with Crippen molar-refractivity contribution in [2.45, 2.75) is 26.3 Å². The van der Waals surface area contributed by atoms with Crippen molar-refractivity contribution < 1.29 is 19.5 Å². The average molecular weight is 401 g/mol. The number of nitrogens with one attached hydrogen (secondary N) is 2. The third-order valence-electron chi connectivity index (χ3n) is 4.01. The van der Waals surface area contributed by atoms with E-state index in [-0.39, 0.29) is 24.3 Å². The van der Waals surface area contributed by atoms with Gasteiger partial charge in [-0.2, -0.15) is 0 Å². The van der Waals surface area contributed by atoms with Crippen molar-refractivity contribution in [2.75, 3.05) is 5.32 Å². The maximum atomic E-state index is 12.3. The molecular weight excluding hydrogens is 380 g/mol. The molecule has 3 N–H and O–H groups in total. The van der Waals surface area contributed by atoms with Crippen LogP contribution in [-0.2, 0) is 16.1 Å². The van der Waals surface area contributed by atoms with Gasteiger partial charge in [0.15, 0.2) is 0 Å². The molecule has 0 radical (unpaired) electrons. The summed E-state index contributed by atoms with van der Waals surface area (Å²) in [6, 6.07) is 12.0. The standard InChI is InChI=1S/C21H21ClN2O4/c1-13-3-5-16(18(22)11-13)12-23-21(28)15-6-8-17(9-7-15)24-20(27)14(2)4-10-19(25)26/h3,5-9,11H,2,4,10,12H2,1H3,(H,23,28)(H,24,27)(H,25,26). The van der Waals surface area contributed by atoms with E-state index >= 15 is 0 Å². The Hall–Kier alpha value is -3.12. The summed E-state index contributed by atoms with van der Waals surface area (Å²) in [7, 11) is 0. The molecular formula is C21H21ClN2O4. The Labute approximate surface area is 168 Å². The van der Waals surface area contributed by atoms with E-state index < -0.39 is 11.9 Å². The SMILES string of the molecule is C=C(CCC(=O)O)C(=O)Nc1ccc(C(=O)NCc2ccc(C)cc2Cl)cc1. The summed E-state index contributed by atoms with van der Waals surface area (Å²) in [5.41, 5.74) is 2.97. The second-order valence-electron chi connectivity index (χ2n) is 6.31. The second kappa shape index (κ2) is 9.71. The predicted octanol–water partition coefficient (Wildman–Crippen LogP) is 3.94. The number of aliphatic carboxylic acids is 1. The van der Waals surface area contributed by atoms with Gasteiger partial charge in [0.2, 0.25) is 0 Å². The number of carbonyl (C=O) groups is 3. The summed E-state index contributed by atoms with van der Waals surface area (Å²) >= 11 is 6.16. The van der Waals surface area contributed by atoms with Crippen LogP contribution in [0.1, 0.15) is 34.3 Å². The van der Waals surface area contributed by atoms with Gasteiger partial charge in [0, 0.05) is 34.8 Å². The fourth-order valence-electron chi connectivity index (χ4n) is 2.37. The summed E-state index contributed by atoms with van der Waals surface area (Å²) in [5, 5.41) is 14.7. The largest absolute Gasteiger partial charge is 0.481 e. The predicted molar refractivity (Wildman–Crippen MR) is 108 cm³/mol. The van der Waals surface area contributed by atoms with Crippen LogP contribution >= 0.6 is 11.6 Å². The zero-order valence-corrected chi connectivity index (χ0v) is 16.2. The Balaban J connectivity index is 1.90. The fourth-order valence-corrected chi connectivity index (χ4v) is 2.67. The number of aryl methyl sites for hydroxylation is 1. The molecule has 0 bridgehead atoms. The van der Waals surface area contributed by atoms with Gasteiger partial charge in [-0.3, -0.25) is 14.4 Å². The van der Waals surface area contributed by atoms with Crippen molar-refractivity contribution in [3.63, 3.8) is 0 Å². The minimum Gasteiger partial charge on any atom is -0.481 e. The summed E-state index contributed by atoms with van der Waals surface area (Å²) in [5.74, 6) is -1.70. The van der Waals surface area contributed by atoms with E-state index in [4.69, 9.17) is 16.7 Å². The zero-order chi connectivity index (χ0) is 20.7. The first kappa shape index (κ1) is 21.2. The van der Waals surface area contributed by atoms with Crippen molar-refractivity contribution in [2.24, 2.45) is 0 Å². The fraction of sp³-hybridized carbons (Fsp3) is 0.190. The van der Waals surface area contributed by atoms with Crippen molar-refractivity contribution in [3.05, 3.63) is 76.3 Å². The van der Waals surface area contributed by atoms with Gasteiger partial charge in [0.25, 0.3) is 11.8 Å². The zero-order valence-electron chi connectivity index (χ0n) is 15.4. The van der Waals surface area contributed by atoms with Crippen molar-refractivity contribution in [1.82, 2.24) is 5.32 Å². The van der Waals surface area contributed by atoms with Gasteiger partial charge < -0.3 is 15.7 Å². The minimum atomic E-state index is -0.990. The monoisotopic (exact) mass is 400 g/mol. The maximum Gasteiger partial charge on any atom is 0.303 e. The van der Waals surface area contributed by atoms with Crippen molar-refractivity contribution in [3.8, 4) is 0 Å². The van der Waals surface area contributed by atoms with E-state index in [0.29, 0.717) is 22.8 Å². The van der Waals surface area contributed by atoms with Crippen molar-refractivity contribution in [1.29, 1.82) is 0 Å². The van der Waals surface area contributed by atoms with E-state index in [1.54, 1.807) is 24.3 Å². The lowest BCUT2D eigenvalue weighted by Gasteiger charge is -2.09. The first-order valence-corrected chi connectivity index (χ1v) is 8.98. The van der Waals surface area contributed by atoms with Crippen LogP contribution in [0.4, 0.5) is 5.69 Å². The Morgan fingerprint density at radius 3 is 2.36 bits per heavy atom. The van der Waals surface area contributed by atoms with Gasteiger partial charge in [-0.05, 0) is 54.8 Å². The average Bonchev–Trinajstić information content (AvgIpc) is 2.65. The van der Waals surface area contributed by atoms with Gasteiger partial charge in [-0.15, -0.1) is 0 Å². The van der Waals surface area contributed by atoms with E-state index in [2.05, 4.69) is 17.2 Å². The van der Waals surface area contributed by atoms with Crippen LogP contribution in [0.2, 0.25) is 5.02 Å². The number of carboxylic acid groups (broad SMARTS) is 1. The van der Waals surface area contributed by atoms with Gasteiger partial charge in [-0.1, -0.05) is 30.3 Å². The lowest BCUT2D eigenvalue weighted by Crippen LogP contribution is -2.23. The highest BCUT2D eigenvalue weighted by molar-refractivity contribution is 6.31. The Bertz CT molecular complexity index is 907. The molecule has 0 saturated heterocycles. The molecule has 28 heavy (non-hydrogen) atoms. The lowest BCUT2D eigenvalue weighted by atomic mass is 10.1. The van der Waals surface area contributed by atoms with Crippen LogP contribution in [0.25, 0.3) is 0 Å². The van der Waals surface area contributed by atoms with Crippen LogP contribution in [0, 0.1) is 6.92 Å². The van der Waals surface area contributed by atoms with Crippen LogP contribution in [0.15, 0.2) is 54.6 Å². The second-order valence-corrected chi connectivity index (χ2v) is 6.71. The number of rotatable bonds is 8. The molecule has 2 aromatic carbocycles. The van der Waals surface area contributed by atoms with Gasteiger partial charge in [-0.25, -0.2) is 0 Å². The van der Waals surface area contributed by atoms with E-state index in [0.717, 1.165) is 11.1 Å². The van der Waals surface area contributed by atoms with Crippen LogP contribution in [-0.4, -0.2) is 22.9 Å². The molecule has 6 nitrogen and oxygen atoms in total. The first-order valence-electron chi connectivity index (χ1n) is 8.60. The number of anilines is 1. The molecule has 2 rings (SSSR count). The number of benzene rings is 2. The highest BCUT2D eigenvalue weighted by Gasteiger charge is 2.11. The molecule has 0 unspecified atom stereocenters. The van der Waals surface area contributed by atoms with Gasteiger partial charge >= 0.3 is 5.97 Å². The molecule has 0 saturated carbocycles. The number of hydrogen-bond donors (Lipinski definition) is 3. The van der Waals surface area contributed by atoms with Crippen molar-refractivity contribution >= 4 is 35.1 Å². The summed E-state index contributed by atoms with van der Waals surface area (Å²) in [6.07, 6.45) is -0.0837. The Kier molecular flexibility index (Phi) is 7.35. The number of amides is 2. The number of carboxylic acids is 1.